The van der Waals surface area contributed by atoms with Crippen LogP contribution in [0.25, 0.3) is 0 Å². The zero-order valence-corrected chi connectivity index (χ0v) is 9.07. The molecule has 0 aliphatic rings. The Morgan fingerprint density at radius 1 is 1.43 bits per heavy atom. The minimum Gasteiger partial charge on any atom is -0.303 e. The summed E-state index contributed by atoms with van der Waals surface area (Å²) in [5.41, 5.74) is 0.311. The van der Waals surface area contributed by atoms with Gasteiger partial charge in [-0.2, -0.15) is 0 Å². The fourth-order valence-electron chi connectivity index (χ4n) is 1.26. The van der Waals surface area contributed by atoms with E-state index in [1.165, 1.54) is 12.1 Å². The number of halogens is 3. The van der Waals surface area contributed by atoms with Crippen LogP contribution < -0.4 is 0 Å². The van der Waals surface area contributed by atoms with Crippen molar-refractivity contribution in [2.75, 3.05) is 0 Å². The maximum Gasteiger partial charge on any atom is 0.146 e. The fourth-order valence-corrected chi connectivity index (χ4v) is 1.75. The van der Waals surface area contributed by atoms with E-state index >= 15 is 0 Å². The third kappa shape index (κ3) is 2.25. The molecule has 1 unspecified atom stereocenters. The van der Waals surface area contributed by atoms with E-state index in [-0.39, 0.29) is 17.4 Å². The molecule has 0 spiro atoms. The molecule has 1 aromatic rings. The molecule has 0 bridgehead atoms. The SMILES string of the molecule is CC(CC=O)c1c(Cl)ccc(Cl)c1F. The Balaban J connectivity index is 3.17. The Kier molecular flexibility index (Phi) is 3.90. The van der Waals surface area contributed by atoms with Gasteiger partial charge < -0.3 is 4.79 Å². The monoisotopic (exact) mass is 234 g/mol. The molecule has 1 rings (SSSR count). The van der Waals surface area contributed by atoms with Gasteiger partial charge in [0, 0.05) is 17.0 Å². The highest BCUT2D eigenvalue weighted by atomic mass is 35.5. The first-order chi connectivity index (χ1) is 6.57. The Morgan fingerprint density at radius 3 is 2.57 bits per heavy atom. The van der Waals surface area contributed by atoms with E-state index in [0.29, 0.717) is 10.6 Å². The van der Waals surface area contributed by atoms with Gasteiger partial charge >= 0.3 is 0 Å². The van der Waals surface area contributed by atoms with Crippen molar-refractivity contribution >= 4 is 29.5 Å². The van der Waals surface area contributed by atoms with Crippen LogP contribution >= 0.6 is 23.2 Å². The summed E-state index contributed by atoms with van der Waals surface area (Å²) in [5, 5.41) is 0.336. The van der Waals surface area contributed by atoms with E-state index in [9.17, 15) is 9.18 Å². The van der Waals surface area contributed by atoms with Crippen molar-refractivity contribution in [1.82, 2.24) is 0 Å². The van der Waals surface area contributed by atoms with Crippen molar-refractivity contribution in [3.8, 4) is 0 Å². The largest absolute Gasteiger partial charge is 0.303 e. The normalized spacial score (nSPS) is 12.6. The maximum absolute atomic E-state index is 13.5. The highest BCUT2D eigenvalue weighted by Crippen LogP contribution is 2.32. The summed E-state index contributed by atoms with van der Waals surface area (Å²) in [6.07, 6.45) is 0.971. The molecule has 0 saturated heterocycles. The summed E-state index contributed by atoms with van der Waals surface area (Å²) in [6, 6.07) is 2.93. The van der Waals surface area contributed by atoms with Crippen LogP contribution in [-0.4, -0.2) is 6.29 Å². The van der Waals surface area contributed by atoms with Crippen LogP contribution in [0.15, 0.2) is 12.1 Å². The number of benzene rings is 1. The highest BCUT2D eigenvalue weighted by Gasteiger charge is 2.16. The van der Waals surface area contributed by atoms with Crippen LogP contribution in [0, 0.1) is 5.82 Å². The molecule has 0 amide bonds. The molecule has 0 heterocycles. The summed E-state index contributed by atoms with van der Waals surface area (Å²) in [6.45, 7) is 1.73. The fraction of sp³-hybridized carbons (Fsp3) is 0.300. The predicted molar refractivity (Wildman–Crippen MR) is 55.5 cm³/mol. The number of carbonyl (C=O) groups excluding carboxylic acids is 1. The molecule has 0 radical (unpaired) electrons. The molecule has 1 atom stereocenters. The second-order valence-electron chi connectivity index (χ2n) is 3.06. The molecule has 0 aromatic heterocycles. The lowest BCUT2D eigenvalue weighted by Crippen LogP contribution is -2.00. The van der Waals surface area contributed by atoms with Gasteiger partial charge in [-0.25, -0.2) is 4.39 Å². The van der Waals surface area contributed by atoms with Crippen molar-refractivity contribution in [2.24, 2.45) is 0 Å². The van der Waals surface area contributed by atoms with Gasteiger partial charge in [0.1, 0.15) is 12.1 Å². The quantitative estimate of drug-likeness (QED) is 0.574. The Bertz CT molecular complexity index is 352. The van der Waals surface area contributed by atoms with E-state index in [2.05, 4.69) is 0 Å². The van der Waals surface area contributed by atoms with E-state index in [4.69, 9.17) is 23.2 Å². The van der Waals surface area contributed by atoms with Crippen LogP contribution in [0.1, 0.15) is 24.8 Å². The number of rotatable bonds is 3. The molecule has 0 fully saturated rings. The number of aldehydes is 1. The lowest BCUT2D eigenvalue weighted by molar-refractivity contribution is -0.108. The molecular formula is C10H9Cl2FO. The zero-order valence-electron chi connectivity index (χ0n) is 7.56. The second kappa shape index (κ2) is 4.76. The number of carbonyl (C=O) groups is 1. The molecule has 4 heteroatoms. The molecule has 0 N–H and O–H groups in total. The first-order valence-electron chi connectivity index (χ1n) is 4.15. The van der Waals surface area contributed by atoms with E-state index in [1.807, 2.05) is 0 Å². The molecule has 0 saturated carbocycles. The molecule has 1 aromatic carbocycles. The van der Waals surface area contributed by atoms with Crippen LogP contribution in [0.4, 0.5) is 4.39 Å². The van der Waals surface area contributed by atoms with Gasteiger partial charge in [-0.05, 0) is 18.1 Å². The number of hydrogen-bond donors (Lipinski definition) is 0. The van der Waals surface area contributed by atoms with Gasteiger partial charge in [0.2, 0.25) is 0 Å². The van der Waals surface area contributed by atoms with Crippen LogP contribution in [0.3, 0.4) is 0 Å². The smallest absolute Gasteiger partial charge is 0.146 e. The lowest BCUT2D eigenvalue weighted by Gasteiger charge is -2.12. The van der Waals surface area contributed by atoms with Gasteiger partial charge in [-0.15, -0.1) is 0 Å². The first-order valence-corrected chi connectivity index (χ1v) is 4.90. The minimum absolute atomic E-state index is 0.0298. The van der Waals surface area contributed by atoms with Gasteiger partial charge in [-0.1, -0.05) is 30.1 Å². The minimum atomic E-state index is -0.534. The molecule has 1 nitrogen and oxygen atoms in total. The number of hydrogen-bond acceptors (Lipinski definition) is 1. The van der Waals surface area contributed by atoms with Crippen molar-refractivity contribution in [2.45, 2.75) is 19.3 Å². The highest BCUT2D eigenvalue weighted by molar-refractivity contribution is 6.33. The Morgan fingerprint density at radius 2 is 2.00 bits per heavy atom. The third-order valence-electron chi connectivity index (χ3n) is 2.02. The van der Waals surface area contributed by atoms with Crippen molar-refractivity contribution in [1.29, 1.82) is 0 Å². The van der Waals surface area contributed by atoms with Gasteiger partial charge in [0.25, 0.3) is 0 Å². The summed E-state index contributed by atoms with van der Waals surface area (Å²) in [7, 11) is 0. The van der Waals surface area contributed by atoms with E-state index < -0.39 is 5.82 Å². The second-order valence-corrected chi connectivity index (χ2v) is 3.87. The van der Waals surface area contributed by atoms with E-state index in [1.54, 1.807) is 6.92 Å². The molecule has 76 valence electrons. The summed E-state index contributed by atoms with van der Waals surface area (Å²) in [4.78, 5) is 10.3. The van der Waals surface area contributed by atoms with Gasteiger partial charge in [0.15, 0.2) is 0 Å². The van der Waals surface area contributed by atoms with Gasteiger partial charge in [0.05, 0.1) is 5.02 Å². The van der Waals surface area contributed by atoms with Gasteiger partial charge in [-0.3, -0.25) is 0 Å². The van der Waals surface area contributed by atoms with Crippen LogP contribution in [-0.2, 0) is 4.79 Å². The standard InChI is InChI=1S/C10H9Cl2FO/c1-6(4-5-14)9-7(11)2-3-8(12)10(9)13/h2-3,5-6H,4H2,1H3. The summed E-state index contributed by atoms with van der Waals surface area (Å²) in [5.74, 6) is -0.785. The zero-order chi connectivity index (χ0) is 10.7. The molecule has 0 aliphatic carbocycles. The molecular weight excluding hydrogens is 226 g/mol. The topological polar surface area (TPSA) is 17.1 Å². The van der Waals surface area contributed by atoms with Crippen LogP contribution in [0.2, 0.25) is 10.0 Å². The van der Waals surface area contributed by atoms with E-state index in [0.717, 1.165) is 6.29 Å². The van der Waals surface area contributed by atoms with Crippen molar-refractivity contribution < 1.29 is 9.18 Å². The van der Waals surface area contributed by atoms with Crippen molar-refractivity contribution in [3.63, 3.8) is 0 Å². The van der Waals surface area contributed by atoms with Crippen molar-refractivity contribution in [3.05, 3.63) is 33.6 Å². The Labute approximate surface area is 91.8 Å². The molecule has 0 aliphatic heterocycles. The summed E-state index contributed by atoms with van der Waals surface area (Å²) < 4.78 is 13.5. The Hall–Kier alpha value is -0.600. The average molecular weight is 235 g/mol. The maximum atomic E-state index is 13.5. The predicted octanol–water partition coefficient (Wildman–Crippen LogP) is 3.83. The first kappa shape index (κ1) is 11.5. The summed E-state index contributed by atoms with van der Waals surface area (Å²) >= 11 is 11.4. The van der Waals surface area contributed by atoms with Crippen LogP contribution in [0.5, 0.6) is 0 Å². The average Bonchev–Trinajstić information content (AvgIpc) is 2.13. The third-order valence-corrected chi connectivity index (χ3v) is 2.64. The lowest BCUT2D eigenvalue weighted by atomic mass is 9.98. The molecule has 14 heavy (non-hydrogen) atoms.